The van der Waals surface area contributed by atoms with Crippen LogP contribution < -0.4 is 10.5 Å². The highest BCUT2D eigenvalue weighted by Crippen LogP contribution is 2.34. The zero-order valence-electron chi connectivity index (χ0n) is 13.2. The maximum absolute atomic E-state index is 12.8. The molecule has 0 aliphatic rings. The van der Waals surface area contributed by atoms with Crippen molar-refractivity contribution in [1.82, 2.24) is 9.78 Å². The van der Waals surface area contributed by atoms with E-state index in [-0.39, 0.29) is 24.8 Å². The van der Waals surface area contributed by atoms with Crippen LogP contribution in [0.25, 0.3) is 0 Å². The van der Waals surface area contributed by atoms with E-state index < -0.39 is 17.8 Å². The second kappa shape index (κ2) is 7.87. The van der Waals surface area contributed by atoms with Gasteiger partial charge in [0.2, 0.25) is 5.88 Å². The molecule has 3 N–H and O–H groups in total. The minimum atomic E-state index is -4.44. The number of aromatic nitrogens is 2. The van der Waals surface area contributed by atoms with Crippen molar-refractivity contribution >= 4 is 12.4 Å². The van der Waals surface area contributed by atoms with Crippen LogP contribution in [0.4, 0.5) is 13.2 Å². The van der Waals surface area contributed by atoms with E-state index in [1.165, 1.54) is 16.8 Å². The Morgan fingerprint density at radius 2 is 2.04 bits per heavy atom. The van der Waals surface area contributed by atoms with Gasteiger partial charge in [-0.25, -0.2) is 4.68 Å². The van der Waals surface area contributed by atoms with Gasteiger partial charge in [-0.1, -0.05) is 6.07 Å². The lowest BCUT2D eigenvalue weighted by molar-refractivity contribution is -0.137. The van der Waals surface area contributed by atoms with Crippen LogP contribution in [0, 0.1) is 6.92 Å². The zero-order chi connectivity index (χ0) is 17.2. The van der Waals surface area contributed by atoms with Crippen LogP contribution in [0.3, 0.4) is 0 Å². The summed E-state index contributed by atoms with van der Waals surface area (Å²) < 4.78 is 45.4. The predicted molar refractivity (Wildman–Crippen MR) is 85.5 cm³/mol. The lowest BCUT2D eigenvalue weighted by Crippen LogP contribution is -2.27. The van der Waals surface area contributed by atoms with Crippen molar-refractivity contribution in [1.29, 1.82) is 0 Å². The third-order valence-corrected chi connectivity index (χ3v) is 3.37. The van der Waals surface area contributed by atoms with E-state index in [9.17, 15) is 13.2 Å². The highest BCUT2D eigenvalue weighted by Gasteiger charge is 2.30. The number of ether oxygens (including phenoxy) is 1. The second-order valence-corrected chi connectivity index (χ2v) is 5.27. The lowest BCUT2D eigenvalue weighted by Gasteiger charge is -2.13. The maximum Gasteiger partial charge on any atom is 0.416 e. The summed E-state index contributed by atoms with van der Waals surface area (Å²) in [4.78, 5) is 0. The Kier molecular flexibility index (Phi) is 6.65. The molecule has 0 fully saturated rings. The smallest absolute Gasteiger partial charge is 0.416 e. The Labute approximate surface area is 143 Å². The highest BCUT2D eigenvalue weighted by molar-refractivity contribution is 5.85. The van der Waals surface area contributed by atoms with Gasteiger partial charge in [0.25, 0.3) is 0 Å². The molecule has 0 amide bonds. The van der Waals surface area contributed by atoms with Crippen LogP contribution in [0.15, 0.2) is 24.3 Å². The first-order valence-electron chi connectivity index (χ1n) is 6.96. The van der Waals surface area contributed by atoms with Gasteiger partial charge < -0.3 is 15.6 Å². The van der Waals surface area contributed by atoms with Gasteiger partial charge in [-0.05, 0) is 31.5 Å². The zero-order valence-corrected chi connectivity index (χ0v) is 14.0. The van der Waals surface area contributed by atoms with Gasteiger partial charge in [-0.15, -0.1) is 12.4 Å². The van der Waals surface area contributed by atoms with E-state index in [1.807, 2.05) is 0 Å². The topological polar surface area (TPSA) is 73.3 Å². The van der Waals surface area contributed by atoms with Gasteiger partial charge >= 0.3 is 6.18 Å². The molecule has 1 unspecified atom stereocenters. The number of aryl methyl sites for hydroxylation is 2. The molecular formula is C15H19ClF3N3O2. The van der Waals surface area contributed by atoms with Crippen LogP contribution in [0.2, 0.25) is 0 Å². The van der Waals surface area contributed by atoms with Crippen LogP contribution in [0.5, 0.6) is 11.6 Å². The summed E-state index contributed by atoms with van der Waals surface area (Å²) in [5, 5.41) is 13.3. The van der Waals surface area contributed by atoms with Crippen LogP contribution >= 0.6 is 12.4 Å². The normalized spacial score (nSPS) is 12.6. The van der Waals surface area contributed by atoms with Gasteiger partial charge in [-0.2, -0.15) is 18.3 Å². The Morgan fingerprint density at radius 3 is 2.62 bits per heavy atom. The van der Waals surface area contributed by atoms with Gasteiger partial charge in [0.1, 0.15) is 5.75 Å². The number of nitrogens with zero attached hydrogens (tertiary/aromatic N) is 2. The molecule has 1 atom stereocenters. The van der Waals surface area contributed by atoms with E-state index >= 15 is 0 Å². The Hall–Kier alpha value is -1.77. The molecule has 0 bridgehead atoms. The molecule has 1 heterocycles. The lowest BCUT2D eigenvalue weighted by atomic mass is 10.1. The third-order valence-electron chi connectivity index (χ3n) is 3.37. The number of aliphatic hydroxyl groups is 1. The van der Waals surface area contributed by atoms with Gasteiger partial charge in [0, 0.05) is 18.7 Å². The molecule has 0 saturated carbocycles. The second-order valence-electron chi connectivity index (χ2n) is 5.27. The monoisotopic (exact) mass is 365 g/mol. The van der Waals surface area contributed by atoms with E-state index in [4.69, 9.17) is 15.6 Å². The summed E-state index contributed by atoms with van der Waals surface area (Å²) in [6.45, 7) is 1.54. The minimum Gasteiger partial charge on any atom is -0.439 e. The molecule has 2 aromatic rings. The van der Waals surface area contributed by atoms with Gasteiger partial charge in [0.15, 0.2) is 0 Å². The van der Waals surface area contributed by atoms with E-state index in [2.05, 4.69) is 5.10 Å². The molecule has 9 heteroatoms. The molecule has 0 saturated heterocycles. The van der Waals surface area contributed by atoms with Crippen molar-refractivity contribution in [3.8, 4) is 11.6 Å². The maximum atomic E-state index is 12.8. The summed E-state index contributed by atoms with van der Waals surface area (Å²) in [6, 6.07) is 4.12. The molecule has 1 aromatic heterocycles. The van der Waals surface area contributed by atoms with Crippen molar-refractivity contribution in [2.75, 3.05) is 6.61 Å². The summed E-state index contributed by atoms with van der Waals surface area (Å²) in [7, 11) is 1.63. The van der Waals surface area contributed by atoms with Crippen LogP contribution in [0.1, 0.15) is 16.8 Å². The number of alkyl halides is 3. The van der Waals surface area contributed by atoms with Crippen LogP contribution in [-0.4, -0.2) is 27.5 Å². The van der Waals surface area contributed by atoms with E-state index in [0.717, 1.165) is 12.1 Å². The third kappa shape index (κ3) is 4.62. The fourth-order valence-corrected chi connectivity index (χ4v) is 2.22. The van der Waals surface area contributed by atoms with Crippen molar-refractivity contribution in [2.24, 2.45) is 12.8 Å². The number of hydrogen-bond donors (Lipinski definition) is 2. The average Bonchev–Trinajstić information content (AvgIpc) is 2.73. The summed E-state index contributed by atoms with van der Waals surface area (Å²) in [5.41, 5.74) is 6.26. The van der Waals surface area contributed by atoms with Crippen molar-refractivity contribution in [2.45, 2.75) is 25.6 Å². The average molecular weight is 366 g/mol. The Bertz CT molecular complexity index is 689. The molecule has 0 radical (unpaired) electrons. The summed E-state index contributed by atoms with van der Waals surface area (Å²) in [5.74, 6) is 0.368. The highest BCUT2D eigenvalue weighted by atomic mass is 35.5. The summed E-state index contributed by atoms with van der Waals surface area (Å²) >= 11 is 0. The fraction of sp³-hybridized carbons (Fsp3) is 0.400. The largest absolute Gasteiger partial charge is 0.439 e. The van der Waals surface area contributed by atoms with E-state index in [1.54, 1.807) is 14.0 Å². The van der Waals surface area contributed by atoms with Crippen molar-refractivity contribution in [3.05, 3.63) is 41.1 Å². The number of halogens is 4. The molecule has 0 aliphatic heterocycles. The number of aliphatic hydroxyl groups excluding tert-OH is 1. The number of benzene rings is 1. The molecule has 134 valence electrons. The van der Waals surface area contributed by atoms with Crippen molar-refractivity contribution < 1.29 is 23.0 Å². The van der Waals surface area contributed by atoms with Gasteiger partial charge in [-0.3, -0.25) is 0 Å². The molecule has 24 heavy (non-hydrogen) atoms. The predicted octanol–water partition coefficient (Wildman–Crippen LogP) is 2.82. The van der Waals surface area contributed by atoms with Gasteiger partial charge in [0.05, 0.1) is 17.9 Å². The standard InChI is InChI=1S/C15H18F3N3O2.ClH/c1-9-13(7-11(19)8-22)14(21(2)20-9)23-12-5-3-4-10(6-12)15(16,17)18;/h3-6,11,22H,7-8,19H2,1-2H3;1H. The SMILES string of the molecule is Cc1nn(C)c(Oc2cccc(C(F)(F)F)c2)c1CC(N)CO.Cl. The van der Waals surface area contributed by atoms with Crippen LogP contribution in [-0.2, 0) is 19.6 Å². The molecule has 0 aliphatic carbocycles. The molecule has 1 aromatic carbocycles. The number of rotatable bonds is 5. The first kappa shape index (κ1) is 20.3. The Morgan fingerprint density at radius 1 is 1.38 bits per heavy atom. The first-order chi connectivity index (χ1) is 10.7. The van der Waals surface area contributed by atoms with E-state index in [0.29, 0.717) is 23.6 Å². The molecule has 2 rings (SSSR count). The number of nitrogens with two attached hydrogens (primary N) is 1. The number of hydrogen-bond acceptors (Lipinski definition) is 4. The first-order valence-corrected chi connectivity index (χ1v) is 6.96. The summed E-state index contributed by atoms with van der Waals surface area (Å²) in [6.07, 6.45) is -4.13. The van der Waals surface area contributed by atoms with Crippen molar-refractivity contribution in [3.63, 3.8) is 0 Å². The quantitative estimate of drug-likeness (QED) is 0.854. The molecular weight excluding hydrogens is 347 g/mol. The molecule has 0 spiro atoms. The molecule has 5 nitrogen and oxygen atoms in total. The fourth-order valence-electron chi connectivity index (χ4n) is 2.22. The Balaban J connectivity index is 0.00000288. The minimum absolute atomic E-state index is 0.